The third-order valence-corrected chi connectivity index (χ3v) is 3.65. The van der Waals surface area contributed by atoms with Crippen molar-refractivity contribution >= 4 is 15.8 Å². The van der Waals surface area contributed by atoms with E-state index in [4.69, 9.17) is 0 Å². The van der Waals surface area contributed by atoms with Gasteiger partial charge in [-0.05, 0) is 31.5 Å². The second-order valence-corrected chi connectivity index (χ2v) is 5.33. The molecule has 1 aromatic rings. The van der Waals surface area contributed by atoms with Crippen LogP contribution in [0.1, 0.15) is 30.6 Å². The third-order valence-electron chi connectivity index (χ3n) is 2.17. The first-order chi connectivity index (χ1) is 7.88. The topological polar surface area (TPSA) is 63.2 Å². The Kier molecular flexibility index (Phi) is 4.36. The van der Waals surface area contributed by atoms with E-state index in [2.05, 4.69) is 4.72 Å². The number of benzene rings is 1. The van der Waals surface area contributed by atoms with Crippen LogP contribution in [0.3, 0.4) is 0 Å². The highest BCUT2D eigenvalue weighted by molar-refractivity contribution is 7.89. The van der Waals surface area contributed by atoms with Crippen LogP contribution in [0.4, 0.5) is 4.39 Å². The van der Waals surface area contributed by atoms with Crippen LogP contribution in [0.5, 0.6) is 0 Å². The van der Waals surface area contributed by atoms with Gasteiger partial charge >= 0.3 is 0 Å². The fourth-order valence-electron chi connectivity index (χ4n) is 1.24. The predicted molar refractivity (Wildman–Crippen MR) is 61.9 cm³/mol. The highest BCUT2D eigenvalue weighted by Crippen LogP contribution is 2.16. The molecular weight excluding hydrogens is 245 g/mol. The third kappa shape index (κ3) is 3.34. The number of rotatable bonds is 5. The Labute approximate surface area is 99.9 Å². The van der Waals surface area contributed by atoms with Crippen LogP contribution in [0.15, 0.2) is 23.1 Å². The number of carbonyl (C=O) groups excluding carboxylic acids is 1. The van der Waals surface area contributed by atoms with Crippen LogP contribution < -0.4 is 4.72 Å². The zero-order valence-corrected chi connectivity index (χ0v) is 10.5. The molecule has 1 aromatic carbocycles. The van der Waals surface area contributed by atoms with Crippen molar-refractivity contribution in [3.05, 3.63) is 29.6 Å². The van der Waals surface area contributed by atoms with Crippen LogP contribution >= 0.6 is 0 Å². The van der Waals surface area contributed by atoms with E-state index >= 15 is 0 Å². The normalized spacial score (nSPS) is 11.5. The molecule has 0 amide bonds. The Morgan fingerprint density at radius 2 is 2.06 bits per heavy atom. The number of hydrogen-bond acceptors (Lipinski definition) is 3. The average molecular weight is 259 g/mol. The van der Waals surface area contributed by atoms with E-state index in [1.54, 1.807) is 6.92 Å². The van der Waals surface area contributed by atoms with Gasteiger partial charge in [-0.1, -0.05) is 6.92 Å². The van der Waals surface area contributed by atoms with Crippen LogP contribution in [0, 0.1) is 5.82 Å². The summed E-state index contributed by atoms with van der Waals surface area (Å²) < 4.78 is 39.1. The fourth-order valence-corrected chi connectivity index (χ4v) is 2.48. The molecule has 1 N–H and O–H groups in total. The smallest absolute Gasteiger partial charge is 0.243 e. The van der Waals surface area contributed by atoms with Gasteiger partial charge in [0.05, 0.1) is 0 Å². The van der Waals surface area contributed by atoms with Crippen LogP contribution in [0.2, 0.25) is 0 Å². The number of ketones is 1. The van der Waals surface area contributed by atoms with E-state index < -0.39 is 20.7 Å². The van der Waals surface area contributed by atoms with Crippen LogP contribution in [-0.4, -0.2) is 20.7 Å². The minimum atomic E-state index is -3.89. The molecule has 0 heterocycles. The molecular formula is C11H14FNO3S. The number of nitrogens with one attached hydrogen (secondary N) is 1. The summed E-state index contributed by atoms with van der Waals surface area (Å²) >= 11 is 0. The molecule has 0 saturated carbocycles. The van der Waals surface area contributed by atoms with Crippen molar-refractivity contribution in [2.45, 2.75) is 25.2 Å². The predicted octanol–water partition coefficient (Wildman–Crippen LogP) is 1.72. The lowest BCUT2D eigenvalue weighted by molar-refractivity contribution is 0.101. The van der Waals surface area contributed by atoms with E-state index in [9.17, 15) is 17.6 Å². The Bertz CT molecular complexity index is 526. The molecule has 0 spiro atoms. The van der Waals surface area contributed by atoms with Gasteiger partial charge in [0.2, 0.25) is 10.0 Å². The number of sulfonamides is 1. The molecule has 0 unspecified atom stereocenters. The average Bonchev–Trinajstić information content (AvgIpc) is 2.26. The van der Waals surface area contributed by atoms with Gasteiger partial charge in [0.25, 0.3) is 0 Å². The van der Waals surface area contributed by atoms with Crippen molar-refractivity contribution < 1.29 is 17.6 Å². The molecule has 0 aromatic heterocycles. The molecule has 1 rings (SSSR count). The summed E-state index contributed by atoms with van der Waals surface area (Å²) in [7, 11) is -3.89. The summed E-state index contributed by atoms with van der Waals surface area (Å²) in [5.41, 5.74) is 0.170. The maximum atomic E-state index is 13.4. The largest absolute Gasteiger partial charge is 0.295 e. The molecule has 0 radical (unpaired) electrons. The number of halogens is 1. The molecule has 0 bridgehead atoms. The molecule has 17 heavy (non-hydrogen) atoms. The molecule has 0 fully saturated rings. The second-order valence-electron chi connectivity index (χ2n) is 3.60. The molecule has 0 atom stereocenters. The summed E-state index contributed by atoms with van der Waals surface area (Å²) in [5.74, 6) is -1.17. The molecule has 0 aliphatic rings. The van der Waals surface area contributed by atoms with Gasteiger partial charge in [-0.15, -0.1) is 0 Å². The van der Waals surface area contributed by atoms with Gasteiger partial charge in [-0.2, -0.15) is 0 Å². The lowest BCUT2D eigenvalue weighted by atomic mass is 10.1. The monoisotopic (exact) mass is 259 g/mol. The quantitative estimate of drug-likeness (QED) is 0.819. The van der Waals surface area contributed by atoms with Crippen molar-refractivity contribution in [2.24, 2.45) is 0 Å². The lowest BCUT2D eigenvalue weighted by Gasteiger charge is -2.07. The Morgan fingerprint density at radius 3 is 2.59 bits per heavy atom. The molecule has 6 heteroatoms. The van der Waals surface area contributed by atoms with Crippen molar-refractivity contribution in [2.75, 3.05) is 6.54 Å². The Hall–Kier alpha value is -1.27. The summed E-state index contributed by atoms with van der Waals surface area (Å²) in [6.07, 6.45) is 0.604. The fraction of sp³-hybridized carbons (Fsp3) is 0.364. The molecule has 0 aliphatic carbocycles. The van der Waals surface area contributed by atoms with E-state index in [1.807, 2.05) is 0 Å². The van der Waals surface area contributed by atoms with Crippen molar-refractivity contribution in [3.8, 4) is 0 Å². The van der Waals surface area contributed by atoms with E-state index in [0.717, 1.165) is 12.1 Å². The van der Waals surface area contributed by atoms with Gasteiger partial charge in [-0.25, -0.2) is 17.5 Å². The summed E-state index contributed by atoms with van der Waals surface area (Å²) in [6, 6.07) is 3.30. The SMILES string of the molecule is CCCNS(=O)(=O)c1cc(C(C)=O)ccc1F. The highest BCUT2D eigenvalue weighted by Gasteiger charge is 2.19. The standard InChI is InChI=1S/C11H14FNO3S/c1-3-6-13-17(15,16)11-7-9(8(2)14)4-5-10(11)12/h4-5,7,13H,3,6H2,1-2H3. The summed E-state index contributed by atoms with van der Waals surface area (Å²) in [5, 5.41) is 0. The van der Waals surface area contributed by atoms with Gasteiger partial charge < -0.3 is 0 Å². The van der Waals surface area contributed by atoms with Gasteiger partial charge in [0, 0.05) is 12.1 Å². The Morgan fingerprint density at radius 1 is 1.41 bits per heavy atom. The van der Waals surface area contributed by atoms with Crippen LogP contribution in [-0.2, 0) is 10.0 Å². The molecule has 4 nitrogen and oxygen atoms in total. The van der Waals surface area contributed by atoms with Crippen LogP contribution in [0.25, 0.3) is 0 Å². The first kappa shape index (κ1) is 13.8. The zero-order chi connectivity index (χ0) is 13.1. The van der Waals surface area contributed by atoms with Gasteiger partial charge in [0.1, 0.15) is 10.7 Å². The molecule has 0 aliphatic heterocycles. The minimum absolute atomic E-state index is 0.170. The zero-order valence-electron chi connectivity index (χ0n) is 9.66. The number of carbonyl (C=O) groups is 1. The molecule has 94 valence electrons. The van der Waals surface area contributed by atoms with Gasteiger partial charge in [0.15, 0.2) is 5.78 Å². The van der Waals surface area contributed by atoms with Crippen molar-refractivity contribution in [3.63, 3.8) is 0 Å². The first-order valence-corrected chi connectivity index (χ1v) is 6.67. The summed E-state index contributed by atoms with van der Waals surface area (Å²) in [4.78, 5) is 10.6. The van der Waals surface area contributed by atoms with E-state index in [-0.39, 0.29) is 17.9 Å². The molecule has 0 saturated heterocycles. The van der Waals surface area contributed by atoms with Gasteiger partial charge in [-0.3, -0.25) is 4.79 Å². The summed E-state index contributed by atoms with van der Waals surface area (Å²) in [6.45, 7) is 3.32. The minimum Gasteiger partial charge on any atom is -0.295 e. The lowest BCUT2D eigenvalue weighted by Crippen LogP contribution is -2.25. The van der Waals surface area contributed by atoms with E-state index in [0.29, 0.717) is 6.42 Å². The van der Waals surface area contributed by atoms with Crippen molar-refractivity contribution in [1.29, 1.82) is 0 Å². The highest BCUT2D eigenvalue weighted by atomic mass is 32.2. The maximum absolute atomic E-state index is 13.4. The Balaban J connectivity index is 3.20. The van der Waals surface area contributed by atoms with E-state index in [1.165, 1.54) is 13.0 Å². The number of Topliss-reactive ketones (excluding diaryl/α,β-unsaturated/α-hetero) is 1. The first-order valence-electron chi connectivity index (χ1n) is 5.18. The number of hydrogen-bond donors (Lipinski definition) is 1. The maximum Gasteiger partial charge on any atom is 0.243 e. The second kappa shape index (κ2) is 5.37. The van der Waals surface area contributed by atoms with Crippen molar-refractivity contribution in [1.82, 2.24) is 4.72 Å².